The molecule has 3 nitrogen and oxygen atoms in total. The molecule has 1 aromatic carbocycles. The Kier molecular flexibility index (Phi) is 2.76. The van der Waals surface area contributed by atoms with Gasteiger partial charge in [-0.2, -0.15) is 5.10 Å². The highest BCUT2D eigenvalue weighted by Gasteiger charge is 2.08. The number of aromatic nitrogens is 2. The first-order valence-electron chi connectivity index (χ1n) is 5.05. The van der Waals surface area contributed by atoms with Crippen LogP contribution in [0.1, 0.15) is 11.1 Å². The third kappa shape index (κ3) is 1.85. The summed E-state index contributed by atoms with van der Waals surface area (Å²) in [6.07, 6.45) is 0. The van der Waals surface area contributed by atoms with Crippen LogP contribution in [0.25, 0.3) is 11.3 Å². The topological polar surface area (TPSA) is 43.8 Å². The lowest BCUT2D eigenvalue weighted by Crippen LogP contribution is -1.96. The number of anilines is 1. The fraction of sp³-hybridized carbons (Fsp3) is 0.250. The van der Waals surface area contributed by atoms with Crippen LogP contribution in [0.5, 0.6) is 0 Å². The Bertz CT molecular complexity index is 501. The van der Waals surface area contributed by atoms with E-state index in [1.54, 1.807) is 4.68 Å². The number of benzene rings is 1. The van der Waals surface area contributed by atoms with Gasteiger partial charge in [0.1, 0.15) is 5.82 Å². The molecule has 1 aromatic heterocycles. The van der Waals surface area contributed by atoms with E-state index in [1.165, 1.54) is 11.1 Å². The molecule has 0 radical (unpaired) electrons. The highest BCUT2D eigenvalue weighted by atomic mass is 79.9. The van der Waals surface area contributed by atoms with Gasteiger partial charge in [-0.05, 0) is 37.1 Å². The number of hydrogen-bond donors (Lipinski definition) is 1. The van der Waals surface area contributed by atoms with Gasteiger partial charge >= 0.3 is 0 Å². The van der Waals surface area contributed by atoms with E-state index in [2.05, 4.69) is 47.0 Å². The number of hydrogen-bond acceptors (Lipinski definition) is 2. The third-order valence-electron chi connectivity index (χ3n) is 2.65. The molecule has 0 spiro atoms. The van der Waals surface area contributed by atoms with E-state index in [0.717, 1.165) is 15.7 Å². The molecule has 84 valence electrons. The summed E-state index contributed by atoms with van der Waals surface area (Å²) in [4.78, 5) is 0. The second-order valence-electron chi connectivity index (χ2n) is 4.00. The average Bonchev–Trinajstić information content (AvgIpc) is 2.55. The zero-order chi connectivity index (χ0) is 11.9. The third-order valence-corrected chi connectivity index (χ3v) is 3.90. The van der Waals surface area contributed by atoms with Crippen molar-refractivity contribution < 1.29 is 0 Å². The van der Waals surface area contributed by atoms with E-state index in [4.69, 9.17) is 5.73 Å². The van der Waals surface area contributed by atoms with Crippen LogP contribution in [0.2, 0.25) is 0 Å². The number of nitrogen functional groups attached to an aromatic ring is 1. The van der Waals surface area contributed by atoms with E-state index in [1.807, 2.05) is 13.1 Å². The molecule has 0 saturated carbocycles. The van der Waals surface area contributed by atoms with Crippen molar-refractivity contribution in [2.75, 3.05) is 5.73 Å². The Morgan fingerprint density at radius 1 is 1.19 bits per heavy atom. The molecule has 0 atom stereocenters. The second kappa shape index (κ2) is 3.94. The van der Waals surface area contributed by atoms with E-state index in [9.17, 15) is 0 Å². The Labute approximate surface area is 103 Å². The lowest BCUT2D eigenvalue weighted by atomic mass is 10.1. The van der Waals surface area contributed by atoms with Crippen molar-refractivity contribution in [1.82, 2.24) is 9.78 Å². The van der Waals surface area contributed by atoms with Crippen molar-refractivity contribution in [3.8, 4) is 11.3 Å². The molecule has 2 N–H and O–H groups in total. The van der Waals surface area contributed by atoms with Gasteiger partial charge in [-0.15, -0.1) is 0 Å². The van der Waals surface area contributed by atoms with Gasteiger partial charge in [0.05, 0.1) is 5.69 Å². The molecule has 0 saturated heterocycles. The molecule has 0 unspecified atom stereocenters. The number of rotatable bonds is 1. The molecule has 0 fully saturated rings. The van der Waals surface area contributed by atoms with Crippen LogP contribution >= 0.6 is 15.9 Å². The first-order chi connectivity index (χ1) is 7.49. The summed E-state index contributed by atoms with van der Waals surface area (Å²) < 4.78 is 2.84. The fourth-order valence-corrected chi connectivity index (χ4v) is 1.95. The molecular formula is C12H14BrN3. The molecule has 1 heterocycles. The van der Waals surface area contributed by atoms with Gasteiger partial charge in [-0.1, -0.05) is 15.9 Å². The molecule has 0 bridgehead atoms. The van der Waals surface area contributed by atoms with Crippen molar-refractivity contribution in [3.63, 3.8) is 0 Å². The SMILES string of the molecule is Cc1cc(-c2cc(N)n(C)n2)cc(C)c1Br. The van der Waals surface area contributed by atoms with Crippen LogP contribution in [0.4, 0.5) is 5.82 Å². The Morgan fingerprint density at radius 3 is 2.19 bits per heavy atom. The van der Waals surface area contributed by atoms with Gasteiger partial charge in [-0.25, -0.2) is 0 Å². The molecule has 16 heavy (non-hydrogen) atoms. The van der Waals surface area contributed by atoms with E-state index in [-0.39, 0.29) is 0 Å². The standard InChI is InChI=1S/C12H14BrN3/c1-7-4-9(5-8(2)12(7)13)10-6-11(14)16(3)15-10/h4-6H,14H2,1-3H3. The Morgan fingerprint density at radius 2 is 1.75 bits per heavy atom. The van der Waals surface area contributed by atoms with E-state index < -0.39 is 0 Å². The normalized spacial score (nSPS) is 10.8. The Hall–Kier alpha value is -1.29. The van der Waals surface area contributed by atoms with Crippen LogP contribution in [0.15, 0.2) is 22.7 Å². The molecule has 2 aromatic rings. The smallest absolute Gasteiger partial charge is 0.121 e. The van der Waals surface area contributed by atoms with Gasteiger partial charge in [-0.3, -0.25) is 4.68 Å². The maximum atomic E-state index is 5.78. The number of halogens is 1. The summed E-state index contributed by atoms with van der Waals surface area (Å²) in [7, 11) is 1.84. The zero-order valence-corrected chi connectivity index (χ0v) is 11.2. The minimum absolute atomic E-state index is 0.674. The minimum Gasteiger partial charge on any atom is -0.384 e. The van der Waals surface area contributed by atoms with Crippen molar-refractivity contribution in [2.24, 2.45) is 7.05 Å². The highest BCUT2D eigenvalue weighted by molar-refractivity contribution is 9.10. The first-order valence-corrected chi connectivity index (χ1v) is 5.85. The summed E-state index contributed by atoms with van der Waals surface area (Å²) in [6, 6.07) is 6.11. The lowest BCUT2D eigenvalue weighted by Gasteiger charge is -2.05. The zero-order valence-electron chi connectivity index (χ0n) is 9.58. The van der Waals surface area contributed by atoms with Crippen LogP contribution in [0, 0.1) is 13.8 Å². The molecule has 0 aliphatic heterocycles. The Balaban J connectivity index is 2.56. The van der Waals surface area contributed by atoms with Gasteiger partial charge in [0.2, 0.25) is 0 Å². The van der Waals surface area contributed by atoms with Crippen LogP contribution in [0.3, 0.4) is 0 Å². The number of nitrogens with two attached hydrogens (primary N) is 1. The van der Waals surface area contributed by atoms with Crippen molar-refractivity contribution in [1.29, 1.82) is 0 Å². The van der Waals surface area contributed by atoms with Crippen molar-refractivity contribution >= 4 is 21.7 Å². The summed E-state index contributed by atoms with van der Waals surface area (Å²) in [6.45, 7) is 4.15. The minimum atomic E-state index is 0.674. The average molecular weight is 280 g/mol. The van der Waals surface area contributed by atoms with Gasteiger partial charge in [0, 0.05) is 23.2 Å². The fourth-order valence-electron chi connectivity index (χ4n) is 1.72. The molecule has 4 heteroatoms. The lowest BCUT2D eigenvalue weighted by molar-refractivity contribution is 0.782. The summed E-state index contributed by atoms with van der Waals surface area (Å²) in [5.41, 5.74) is 10.2. The van der Waals surface area contributed by atoms with Crippen molar-refractivity contribution in [3.05, 3.63) is 33.8 Å². The van der Waals surface area contributed by atoms with Crippen LogP contribution < -0.4 is 5.73 Å². The van der Waals surface area contributed by atoms with Gasteiger partial charge in [0.15, 0.2) is 0 Å². The molecule has 0 aliphatic rings. The summed E-state index contributed by atoms with van der Waals surface area (Å²) >= 11 is 3.56. The molecule has 0 aliphatic carbocycles. The maximum absolute atomic E-state index is 5.78. The van der Waals surface area contributed by atoms with E-state index in [0.29, 0.717) is 5.82 Å². The van der Waals surface area contributed by atoms with E-state index >= 15 is 0 Å². The largest absolute Gasteiger partial charge is 0.384 e. The summed E-state index contributed by atoms with van der Waals surface area (Å²) in [5, 5.41) is 4.37. The predicted octanol–water partition coefficient (Wildman–Crippen LogP) is 3.05. The monoisotopic (exact) mass is 279 g/mol. The molecule has 2 rings (SSSR count). The quantitative estimate of drug-likeness (QED) is 0.872. The van der Waals surface area contributed by atoms with Crippen LogP contribution in [-0.4, -0.2) is 9.78 Å². The van der Waals surface area contributed by atoms with Crippen molar-refractivity contribution in [2.45, 2.75) is 13.8 Å². The number of nitrogens with zero attached hydrogens (tertiary/aromatic N) is 2. The van der Waals surface area contributed by atoms with Crippen LogP contribution in [-0.2, 0) is 7.05 Å². The molecular weight excluding hydrogens is 266 g/mol. The van der Waals surface area contributed by atoms with Gasteiger partial charge < -0.3 is 5.73 Å². The van der Waals surface area contributed by atoms with Gasteiger partial charge in [0.25, 0.3) is 0 Å². The highest BCUT2D eigenvalue weighted by Crippen LogP contribution is 2.28. The summed E-state index contributed by atoms with van der Waals surface area (Å²) in [5.74, 6) is 0.674. The predicted molar refractivity (Wildman–Crippen MR) is 70.2 cm³/mol. The maximum Gasteiger partial charge on any atom is 0.121 e. The molecule has 0 amide bonds. The number of aryl methyl sites for hydroxylation is 3. The second-order valence-corrected chi connectivity index (χ2v) is 4.80. The first kappa shape index (κ1) is 11.2.